The Morgan fingerprint density at radius 2 is 2.18 bits per heavy atom. The number of nitrogens with one attached hydrogen (secondary N) is 1. The van der Waals surface area contributed by atoms with Crippen molar-refractivity contribution < 1.29 is 4.74 Å². The molecule has 4 heteroatoms. The summed E-state index contributed by atoms with van der Waals surface area (Å²) >= 11 is 0. The van der Waals surface area contributed by atoms with E-state index in [1.807, 2.05) is 0 Å². The molecule has 1 aliphatic heterocycles. The van der Waals surface area contributed by atoms with Crippen LogP contribution in [0.4, 0.5) is 0 Å². The third-order valence-corrected chi connectivity index (χ3v) is 4.32. The monoisotopic (exact) mass is 241 g/mol. The Balaban J connectivity index is 1.92. The van der Waals surface area contributed by atoms with Gasteiger partial charge in [0.05, 0.1) is 13.2 Å². The summed E-state index contributed by atoms with van der Waals surface area (Å²) < 4.78 is 5.38. The molecule has 1 saturated heterocycles. The van der Waals surface area contributed by atoms with Crippen molar-refractivity contribution in [1.29, 1.82) is 0 Å². The number of nitrogens with zero attached hydrogens (tertiary/aromatic N) is 1. The Morgan fingerprint density at radius 3 is 2.82 bits per heavy atom. The molecule has 0 bridgehead atoms. The highest BCUT2D eigenvalue weighted by Gasteiger charge is 2.36. The van der Waals surface area contributed by atoms with Gasteiger partial charge in [-0.25, -0.2) is 10.4 Å². The molecule has 2 aliphatic rings. The predicted molar refractivity (Wildman–Crippen MR) is 69.6 cm³/mol. The Labute approximate surface area is 105 Å². The summed E-state index contributed by atoms with van der Waals surface area (Å²) in [6.45, 7) is 6.69. The number of hydrogen-bond acceptors (Lipinski definition) is 4. The van der Waals surface area contributed by atoms with Crippen molar-refractivity contribution in [2.75, 3.05) is 32.8 Å². The number of hydrazine groups is 1. The predicted octanol–water partition coefficient (Wildman–Crippen LogP) is 1.12. The highest BCUT2D eigenvalue weighted by molar-refractivity contribution is 4.93. The van der Waals surface area contributed by atoms with Gasteiger partial charge in [-0.3, -0.25) is 0 Å². The summed E-state index contributed by atoms with van der Waals surface area (Å²) in [4.78, 5) is 0. The van der Waals surface area contributed by atoms with Crippen LogP contribution in [-0.2, 0) is 4.74 Å². The Hall–Kier alpha value is -0.160. The number of rotatable bonds is 4. The van der Waals surface area contributed by atoms with Gasteiger partial charge in [0, 0.05) is 25.2 Å². The van der Waals surface area contributed by atoms with Crippen LogP contribution >= 0.6 is 0 Å². The lowest BCUT2D eigenvalue weighted by atomic mass is 9.75. The molecule has 0 aromatic carbocycles. The van der Waals surface area contributed by atoms with Crippen LogP contribution in [0.1, 0.15) is 39.0 Å². The lowest BCUT2D eigenvalue weighted by molar-refractivity contribution is -0.0231. The van der Waals surface area contributed by atoms with E-state index < -0.39 is 0 Å². The molecule has 0 amide bonds. The minimum atomic E-state index is 0.149. The largest absolute Gasteiger partial charge is 0.379 e. The second-order valence-electron chi connectivity index (χ2n) is 5.57. The van der Waals surface area contributed by atoms with Crippen molar-refractivity contribution >= 4 is 0 Å². The zero-order valence-corrected chi connectivity index (χ0v) is 11.1. The summed E-state index contributed by atoms with van der Waals surface area (Å²) in [7, 11) is 0. The van der Waals surface area contributed by atoms with Crippen molar-refractivity contribution in [2.45, 2.75) is 44.6 Å². The summed E-state index contributed by atoms with van der Waals surface area (Å²) in [6.07, 6.45) is 6.43. The van der Waals surface area contributed by atoms with Crippen LogP contribution in [0.25, 0.3) is 0 Å². The molecule has 0 spiro atoms. The molecule has 17 heavy (non-hydrogen) atoms. The minimum Gasteiger partial charge on any atom is -0.379 e. The topological polar surface area (TPSA) is 50.5 Å². The van der Waals surface area contributed by atoms with E-state index in [1.54, 1.807) is 0 Å². The molecule has 100 valence electrons. The van der Waals surface area contributed by atoms with Gasteiger partial charge in [-0.15, -0.1) is 0 Å². The van der Waals surface area contributed by atoms with Gasteiger partial charge in [0.1, 0.15) is 0 Å². The first-order chi connectivity index (χ1) is 8.28. The molecule has 0 radical (unpaired) electrons. The zero-order valence-electron chi connectivity index (χ0n) is 11.1. The van der Waals surface area contributed by atoms with E-state index in [4.69, 9.17) is 10.5 Å². The lowest BCUT2D eigenvalue weighted by Crippen LogP contribution is -2.62. The van der Waals surface area contributed by atoms with Gasteiger partial charge < -0.3 is 10.5 Å². The maximum Gasteiger partial charge on any atom is 0.0608 e. The van der Waals surface area contributed by atoms with Gasteiger partial charge in [-0.2, -0.15) is 0 Å². The maximum absolute atomic E-state index is 6.05. The molecule has 2 fully saturated rings. The average molecular weight is 241 g/mol. The smallest absolute Gasteiger partial charge is 0.0608 e. The first-order valence-corrected chi connectivity index (χ1v) is 7.08. The van der Waals surface area contributed by atoms with Crippen molar-refractivity contribution in [1.82, 2.24) is 10.4 Å². The number of morpholine rings is 1. The van der Waals surface area contributed by atoms with Crippen molar-refractivity contribution in [3.8, 4) is 0 Å². The van der Waals surface area contributed by atoms with E-state index in [0.717, 1.165) is 38.8 Å². The van der Waals surface area contributed by atoms with Gasteiger partial charge in [-0.1, -0.05) is 26.2 Å². The van der Waals surface area contributed by atoms with Crippen LogP contribution in [0, 0.1) is 5.92 Å². The fourth-order valence-corrected chi connectivity index (χ4v) is 3.18. The fourth-order valence-electron chi connectivity index (χ4n) is 3.18. The van der Waals surface area contributed by atoms with E-state index in [1.165, 1.54) is 32.1 Å². The van der Waals surface area contributed by atoms with Crippen molar-refractivity contribution in [2.24, 2.45) is 11.7 Å². The molecule has 1 saturated carbocycles. The normalized spacial score (nSPS) is 36.0. The Morgan fingerprint density at radius 1 is 1.41 bits per heavy atom. The zero-order chi connectivity index (χ0) is 12.1. The third-order valence-electron chi connectivity index (χ3n) is 4.32. The maximum atomic E-state index is 6.05. The van der Waals surface area contributed by atoms with Crippen LogP contribution in [0.3, 0.4) is 0 Å². The summed E-state index contributed by atoms with van der Waals surface area (Å²) in [5.74, 6) is 0.848. The van der Waals surface area contributed by atoms with Gasteiger partial charge in [0.25, 0.3) is 0 Å². The van der Waals surface area contributed by atoms with Crippen molar-refractivity contribution in [3.63, 3.8) is 0 Å². The summed E-state index contributed by atoms with van der Waals surface area (Å²) in [6, 6.07) is 0. The highest BCUT2D eigenvalue weighted by atomic mass is 16.5. The molecule has 1 aliphatic carbocycles. The number of ether oxygens (including phenoxy) is 1. The van der Waals surface area contributed by atoms with Crippen LogP contribution in [0.2, 0.25) is 0 Å². The average Bonchev–Trinajstić information content (AvgIpc) is 2.40. The van der Waals surface area contributed by atoms with Crippen LogP contribution in [0.5, 0.6) is 0 Å². The van der Waals surface area contributed by atoms with Gasteiger partial charge in [0.15, 0.2) is 0 Å². The first kappa shape index (κ1) is 13.3. The van der Waals surface area contributed by atoms with E-state index in [0.29, 0.717) is 0 Å². The first-order valence-electron chi connectivity index (χ1n) is 7.08. The molecule has 2 rings (SSSR count). The van der Waals surface area contributed by atoms with E-state index >= 15 is 0 Å². The molecule has 0 aromatic heterocycles. The third kappa shape index (κ3) is 3.41. The van der Waals surface area contributed by atoms with Crippen molar-refractivity contribution in [3.05, 3.63) is 0 Å². The SMILES string of the molecule is CCC1CCCC(CN)(NN2CCOCC2)C1. The van der Waals surface area contributed by atoms with Gasteiger partial charge in [-0.05, 0) is 18.8 Å². The minimum absolute atomic E-state index is 0.149. The van der Waals surface area contributed by atoms with Crippen LogP contribution in [0.15, 0.2) is 0 Å². The highest BCUT2D eigenvalue weighted by Crippen LogP contribution is 2.33. The van der Waals surface area contributed by atoms with E-state index in [2.05, 4.69) is 17.4 Å². The fraction of sp³-hybridized carbons (Fsp3) is 1.00. The molecule has 2 atom stereocenters. The van der Waals surface area contributed by atoms with Crippen LogP contribution < -0.4 is 11.2 Å². The molecule has 4 nitrogen and oxygen atoms in total. The second-order valence-corrected chi connectivity index (χ2v) is 5.57. The Bertz CT molecular complexity index is 231. The summed E-state index contributed by atoms with van der Waals surface area (Å²) in [5, 5.41) is 2.31. The quantitative estimate of drug-likeness (QED) is 0.774. The Kier molecular flexibility index (Phi) is 4.79. The molecular weight excluding hydrogens is 214 g/mol. The summed E-state index contributed by atoms with van der Waals surface area (Å²) in [5.41, 5.74) is 9.91. The van der Waals surface area contributed by atoms with Gasteiger partial charge >= 0.3 is 0 Å². The lowest BCUT2D eigenvalue weighted by Gasteiger charge is -2.45. The number of nitrogens with two attached hydrogens (primary N) is 1. The molecule has 1 heterocycles. The molecule has 3 N–H and O–H groups in total. The van der Waals surface area contributed by atoms with Crippen LogP contribution in [-0.4, -0.2) is 43.4 Å². The standard InChI is InChI=1S/C13H27N3O/c1-2-12-4-3-5-13(10-12,11-14)15-16-6-8-17-9-7-16/h12,15H,2-11,14H2,1H3. The van der Waals surface area contributed by atoms with Gasteiger partial charge in [0.2, 0.25) is 0 Å². The molecule has 2 unspecified atom stereocenters. The molecular formula is C13H27N3O. The number of hydrogen-bond donors (Lipinski definition) is 2. The molecule has 0 aromatic rings. The van der Waals surface area contributed by atoms with E-state index in [-0.39, 0.29) is 5.54 Å². The second kappa shape index (κ2) is 6.14. The van der Waals surface area contributed by atoms with E-state index in [9.17, 15) is 0 Å².